The Morgan fingerprint density at radius 2 is 2.06 bits per heavy atom. The van der Waals surface area contributed by atoms with Crippen molar-refractivity contribution < 1.29 is 0 Å². The van der Waals surface area contributed by atoms with E-state index in [0.717, 1.165) is 4.47 Å². The highest BCUT2D eigenvalue weighted by Gasteiger charge is 2.28. The van der Waals surface area contributed by atoms with Gasteiger partial charge >= 0.3 is 0 Å². The fraction of sp³-hybridized carbons (Fsp3) is 0.600. The summed E-state index contributed by atoms with van der Waals surface area (Å²) in [6.45, 7) is 7.99. The van der Waals surface area contributed by atoms with Crippen LogP contribution >= 0.6 is 15.9 Å². The minimum absolute atomic E-state index is 0.580. The maximum atomic E-state index is 3.73. The summed E-state index contributed by atoms with van der Waals surface area (Å²) >= 11 is 3.52. The summed E-state index contributed by atoms with van der Waals surface area (Å²) in [5.74, 6) is 0.689. The Balaban J connectivity index is 2.08. The normalized spacial score (nSPS) is 29.3. The quantitative estimate of drug-likeness (QED) is 0.891. The van der Waals surface area contributed by atoms with E-state index in [1.54, 1.807) is 0 Å². The first-order chi connectivity index (χ1) is 8.47. The van der Waals surface area contributed by atoms with E-state index >= 15 is 0 Å². The topological polar surface area (TPSA) is 15.3 Å². The molecule has 1 aromatic carbocycles. The van der Waals surface area contributed by atoms with E-state index in [1.165, 1.54) is 24.2 Å². The molecule has 1 saturated heterocycles. The summed E-state index contributed by atoms with van der Waals surface area (Å²) in [5.41, 5.74) is 2.58. The van der Waals surface area contributed by atoms with Crippen LogP contribution in [0.2, 0.25) is 0 Å². The standard InChI is InChI=1S/C15H23BrN2/c1-10-7-13(16)5-6-14(10)17-15-8-12(3)18(4)9-11(15)2/h5-7,11-12,15,17H,8-9H2,1-4H3. The van der Waals surface area contributed by atoms with Crippen molar-refractivity contribution in [2.24, 2.45) is 5.92 Å². The first-order valence-corrected chi connectivity index (χ1v) is 7.49. The van der Waals surface area contributed by atoms with Gasteiger partial charge in [-0.1, -0.05) is 22.9 Å². The first kappa shape index (κ1) is 13.9. The van der Waals surface area contributed by atoms with Crippen LogP contribution in [0.1, 0.15) is 25.8 Å². The number of likely N-dealkylation sites (tertiary alicyclic amines) is 1. The Morgan fingerprint density at radius 3 is 2.72 bits per heavy atom. The minimum Gasteiger partial charge on any atom is -0.382 e. The predicted octanol–water partition coefficient (Wildman–Crippen LogP) is 3.90. The van der Waals surface area contributed by atoms with Crippen molar-refractivity contribution >= 4 is 21.6 Å². The van der Waals surface area contributed by atoms with E-state index in [4.69, 9.17) is 0 Å². The predicted molar refractivity (Wildman–Crippen MR) is 82.2 cm³/mol. The van der Waals surface area contributed by atoms with E-state index < -0.39 is 0 Å². The Kier molecular flexibility index (Phi) is 4.33. The van der Waals surface area contributed by atoms with Crippen LogP contribution in [-0.2, 0) is 0 Å². The van der Waals surface area contributed by atoms with Crippen molar-refractivity contribution in [2.75, 3.05) is 18.9 Å². The van der Waals surface area contributed by atoms with Gasteiger partial charge in [-0.3, -0.25) is 0 Å². The molecule has 1 heterocycles. The van der Waals surface area contributed by atoms with E-state index in [9.17, 15) is 0 Å². The fourth-order valence-electron chi connectivity index (χ4n) is 2.73. The van der Waals surface area contributed by atoms with Gasteiger partial charge in [0.25, 0.3) is 0 Å². The highest BCUT2D eigenvalue weighted by molar-refractivity contribution is 9.10. The molecule has 0 bridgehead atoms. The van der Waals surface area contributed by atoms with E-state index in [-0.39, 0.29) is 0 Å². The molecular formula is C15H23BrN2. The maximum absolute atomic E-state index is 3.73. The number of aryl methyl sites for hydroxylation is 1. The third kappa shape index (κ3) is 3.07. The lowest BCUT2D eigenvalue weighted by atomic mass is 9.89. The van der Waals surface area contributed by atoms with Crippen molar-refractivity contribution in [2.45, 2.75) is 39.3 Å². The zero-order valence-corrected chi connectivity index (χ0v) is 13.3. The molecule has 0 aromatic heterocycles. The van der Waals surface area contributed by atoms with Gasteiger partial charge in [-0.05, 0) is 57.0 Å². The summed E-state index contributed by atoms with van der Waals surface area (Å²) in [7, 11) is 2.22. The molecule has 100 valence electrons. The number of hydrogen-bond donors (Lipinski definition) is 1. The molecule has 0 amide bonds. The van der Waals surface area contributed by atoms with Gasteiger partial charge in [0, 0.05) is 28.8 Å². The molecule has 3 heteroatoms. The third-order valence-electron chi connectivity index (χ3n) is 4.14. The molecule has 1 aromatic rings. The smallest absolute Gasteiger partial charge is 0.0372 e. The minimum atomic E-state index is 0.580. The monoisotopic (exact) mass is 310 g/mol. The number of halogens is 1. The molecule has 3 atom stereocenters. The number of hydrogen-bond acceptors (Lipinski definition) is 2. The van der Waals surface area contributed by atoms with Crippen molar-refractivity contribution in [1.29, 1.82) is 0 Å². The lowest BCUT2D eigenvalue weighted by Crippen LogP contribution is -2.48. The summed E-state index contributed by atoms with van der Waals surface area (Å²) in [6, 6.07) is 7.70. The van der Waals surface area contributed by atoms with Crippen LogP contribution in [0.4, 0.5) is 5.69 Å². The van der Waals surface area contributed by atoms with Gasteiger partial charge in [0.05, 0.1) is 0 Å². The van der Waals surface area contributed by atoms with E-state index in [2.05, 4.69) is 72.2 Å². The van der Waals surface area contributed by atoms with Crippen LogP contribution in [0, 0.1) is 12.8 Å². The highest BCUT2D eigenvalue weighted by Crippen LogP contribution is 2.27. The number of rotatable bonds is 2. The van der Waals surface area contributed by atoms with Gasteiger partial charge in [0.15, 0.2) is 0 Å². The molecule has 3 unspecified atom stereocenters. The van der Waals surface area contributed by atoms with Crippen LogP contribution in [0.25, 0.3) is 0 Å². The molecule has 18 heavy (non-hydrogen) atoms. The number of piperidine rings is 1. The van der Waals surface area contributed by atoms with Gasteiger partial charge in [0.2, 0.25) is 0 Å². The molecule has 2 rings (SSSR count). The average molecular weight is 311 g/mol. The lowest BCUT2D eigenvalue weighted by Gasteiger charge is -2.40. The van der Waals surface area contributed by atoms with Gasteiger partial charge in [-0.15, -0.1) is 0 Å². The molecule has 0 spiro atoms. The third-order valence-corrected chi connectivity index (χ3v) is 4.63. The van der Waals surface area contributed by atoms with Gasteiger partial charge in [-0.25, -0.2) is 0 Å². The van der Waals surface area contributed by atoms with E-state index in [0.29, 0.717) is 18.0 Å². The molecular weight excluding hydrogens is 288 g/mol. The molecule has 0 aliphatic carbocycles. The summed E-state index contributed by atoms with van der Waals surface area (Å²) < 4.78 is 1.15. The number of benzene rings is 1. The van der Waals surface area contributed by atoms with Crippen LogP contribution in [-0.4, -0.2) is 30.6 Å². The van der Waals surface area contributed by atoms with Crippen LogP contribution in [0.3, 0.4) is 0 Å². The van der Waals surface area contributed by atoms with Gasteiger partial charge < -0.3 is 10.2 Å². The largest absolute Gasteiger partial charge is 0.382 e. The van der Waals surface area contributed by atoms with Crippen LogP contribution < -0.4 is 5.32 Å². The van der Waals surface area contributed by atoms with Crippen molar-refractivity contribution in [3.8, 4) is 0 Å². The lowest BCUT2D eigenvalue weighted by molar-refractivity contribution is 0.145. The van der Waals surface area contributed by atoms with Gasteiger partial charge in [0.1, 0.15) is 0 Å². The van der Waals surface area contributed by atoms with Gasteiger partial charge in [-0.2, -0.15) is 0 Å². The zero-order valence-electron chi connectivity index (χ0n) is 11.7. The molecule has 2 nitrogen and oxygen atoms in total. The summed E-state index contributed by atoms with van der Waals surface area (Å²) in [4.78, 5) is 2.46. The Bertz CT molecular complexity index is 419. The molecule has 0 saturated carbocycles. The second kappa shape index (κ2) is 5.62. The first-order valence-electron chi connectivity index (χ1n) is 6.70. The SMILES string of the molecule is Cc1cc(Br)ccc1NC1CC(C)N(C)CC1C. The zero-order chi connectivity index (χ0) is 13.3. The van der Waals surface area contributed by atoms with Crippen LogP contribution in [0.5, 0.6) is 0 Å². The second-order valence-corrected chi connectivity index (χ2v) is 6.63. The molecule has 1 N–H and O–H groups in total. The van der Waals surface area contributed by atoms with E-state index in [1.807, 2.05) is 0 Å². The number of nitrogens with one attached hydrogen (secondary N) is 1. The Hall–Kier alpha value is -0.540. The molecule has 1 aliphatic heterocycles. The van der Waals surface area contributed by atoms with Crippen LogP contribution in [0.15, 0.2) is 22.7 Å². The Morgan fingerprint density at radius 1 is 1.33 bits per heavy atom. The maximum Gasteiger partial charge on any atom is 0.0372 e. The van der Waals surface area contributed by atoms with Crippen molar-refractivity contribution in [1.82, 2.24) is 4.90 Å². The molecule has 1 aliphatic rings. The Labute approximate surface area is 119 Å². The average Bonchev–Trinajstić information content (AvgIpc) is 2.29. The summed E-state index contributed by atoms with van der Waals surface area (Å²) in [6.07, 6.45) is 1.22. The molecule has 1 fully saturated rings. The van der Waals surface area contributed by atoms with Crippen molar-refractivity contribution in [3.05, 3.63) is 28.2 Å². The number of anilines is 1. The van der Waals surface area contributed by atoms with Crippen molar-refractivity contribution in [3.63, 3.8) is 0 Å². The summed E-state index contributed by atoms with van der Waals surface area (Å²) in [5, 5.41) is 3.73. The number of nitrogens with zero attached hydrogens (tertiary/aromatic N) is 1. The second-order valence-electron chi connectivity index (χ2n) is 5.71. The highest BCUT2D eigenvalue weighted by atomic mass is 79.9. The molecule has 0 radical (unpaired) electrons. The fourth-order valence-corrected chi connectivity index (χ4v) is 3.21.